The Morgan fingerprint density at radius 1 is 1.58 bits per heavy atom. The van der Waals surface area contributed by atoms with E-state index in [-0.39, 0.29) is 5.82 Å². The fraction of sp³-hybridized carbons (Fsp3) is 0.600. The molecule has 1 atom stereocenters. The van der Waals surface area contributed by atoms with E-state index < -0.39 is 18.7 Å². The van der Waals surface area contributed by atoms with E-state index >= 15 is 0 Å². The van der Waals surface area contributed by atoms with Gasteiger partial charge in [0, 0.05) is 6.42 Å². The van der Waals surface area contributed by atoms with Crippen molar-refractivity contribution in [3.05, 3.63) is 12.2 Å². The normalized spacial score (nSPS) is 14.7. The average Bonchev–Trinajstić information content (AvgIpc) is 2.37. The summed E-state index contributed by atoms with van der Waals surface area (Å²) in [6.45, 7) is 0. The van der Waals surface area contributed by atoms with Crippen molar-refractivity contribution in [3.63, 3.8) is 0 Å². The molecule has 0 aromatic carbocycles. The van der Waals surface area contributed by atoms with Crippen molar-refractivity contribution in [2.24, 2.45) is 0 Å². The highest BCUT2D eigenvalue weighted by molar-refractivity contribution is 4.85. The van der Waals surface area contributed by atoms with E-state index in [4.69, 9.17) is 5.11 Å². The molecule has 0 saturated carbocycles. The summed E-state index contributed by atoms with van der Waals surface area (Å²) in [5.41, 5.74) is 0. The van der Waals surface area contributed by atoms with Crippen molar-refractivity contribution in [1.82, 2.24) is 15.2 Å². The van der Waals surface area contributed by atoms with E-state index in [1.165, 1.54) is 0 Å². The third-order valence-electron chi connectivity index (χ3n) is 1.23. The molecule has 0 amide bonds. The van der Waals surface area contributed by atoms with Gasteiger partial charge in [0.05, 0.1) is 0 Å². The summed E-state index contributed by atoms with van der Waals surface area (Å²) in [4.78, 5) is 3.44. The summed E-state index contributed by atoms with van der Waals surface area (Å²) in [5, 5.41) is 14.1. The van der Waals surface area contributed by atoms with Crippen molar-refractivity contribution in [3.8, 4) is 0 Å². The van der Waals surface area contributed by atoms with Crippen LogP contribution in [0.25, 0.3) is 0 Å². The quantitative estimate of drug-likeness (QED) is 0.688. The monoisotopic (exact) mass is 181 g/mol. The number of aliphatic hydroxyl groups is 1. The van der Waals surface area contributed by atoms with Crippen LogP contribution in [0.1, 0.15) is 5.82 Å². The molecule has 0 radical (unpaired) electrons. The topological polar surface area (TPSA) is 61.8 Å². The zero-order chi connectivity index (χ0) is 9.19. The van der Waals surface area contributed by atoms with Gasteiger partial charge in [-0.25, -0.2) is 4.98 Å². The summed E-state index contributed by atoms with van der Waals surface area (Å²) in [7, 11) is 0. The highest BCUT2D eigenvalue weighted by Crippen LogP contribution is 2.21. The smallest absolute Gasteiger partial charge is 0.383 e. The summed E-state index contributed by atoms with van der Waals surface area (Å²) in [5.74, 6) is 0.0137. The zero-order valence-corrected chi connectivity index (χ0v) is 5.84. The summed E-state index contributed by atoms with van der Waals surface area (Å²) in [6.07, 6.45) is -6.50. The highest BCUT2D eigenvalue weighted by Gasteiger charge is 2.38. The maximum absolute atomic E-state index is 11.7. The van der Waals surface area contributed by atoms with Crippen LogP contribution in [0.5, 0.6) is 0 Å². The molecular formula is C5H6F3N3O. The van der Waals surface area contributed by atoms with Gasteiger partial charge in [-0.05, 0) is 0 Å². The molecule has 2 N–H and O–H groups in total. The zero-order valence-electron chi connectivity index (χ0n) is 5.84. The minimum absolute atomic E-state index is 0.0137. The van der Waals surface area contributed by atoms with Crippen LogP contribution in [-0.2, 0) is 6.42 Å². The van der Waals surface area contributed by atoms with Gasteiger partial charge in [-0.1, -0.05) is 0 Å². The van der Waals surface area contributed by atoms with Crippen LogP contribution in [-0.4, -0.2) is 32.6 Å². The first kappa shape index (κ1) is 8.98. The molecule has 1 aromatic heterocycles. The van der Waals surface area contributed by atoms with Crippen LogP contribution in [0.2, 0.25) is 0 Å². The van der Waals surface area contributed by atoms with Crippen LogP contribution in [0.4, 0.5) is 13.2 Å². The number of H-pyrrole nitrogens is 1. The van der Waals surface area contributed by atoms with Gasteiger partial charge in [-0.3, -0.25) is 5.10 Å². The molecule has 68 valence electrons. The van der Waals surface area contributed by atoms with E-state index in [9.17, 15) is 13.2 Å². The number of halogens is 3. The molecule has 0 saturated heterocycles. The lowest BCUT2D eigenvalue weighted by molar-refractivity contribution is -0.203. The molecule has 12 heavy (non-hydrogen) atoms. The van der Waals surface area contributed by atoms with E-state index in [0.29, 0.717) is 0 Å². The van der Waals surface area contributed by atoms with Gasteiger partial charge < -0.3 is 5.11 Å². The number of aromatic amines is 1. The van der Waals surface area contributed by atoms with Gasteiger partial charge >= 0.3 is 6.18 Å². The molecule has 0 bridgehead atoms. The van der Waals surface area contributed by atoms with Crippen LogP contribution < -0.4 is 0 Å². The molecule has 1 unspecified atom stereocenters. The first-order valence-electron chi connectivity index (χ1n) is 3.09. The standard InChI is InChI=1S/C5H6F3N3O/c6-5(7,8)3(12)1-4-9-2-10-11-4/h2-3,12H,1H2,(H,9,10,11). The molecule has 0 aliphatic heterocycles. The predicted molar refractivity (Wildman–Crippen MR) is 32.1 cm³/mol. The van der Waals surface area contributed by atoms with Crippen molar-refractivity contribution in [2.75, 3.05) is 0 Å². The number of alkyl halides is 3. The first-order valence-corrected chi connectivity index (χ1v) is 3.09. The number of hydrogen-bond donors (Lipinski definition) is 2. The third-order valence-corrected chi connectivity index (χ3v) is 1.23. The second kappa shape index (κ2) is 3.10. The minimum Gasteiger partial charge on any atom is -0.383 e. The largest absolute Gasteiger partial charge is 0.414 e. The van der Waals surface area contributed by atoms with E-state index in [0.717, 1.165) is 6.33 Å². The molecule has 4 nitrogen and oxygen atoms in total. The molecule has 1 aromatic rings. The molecule has 0 fully saturated rings. The summed E-state index contributed by atoms with van der Waals surface area (Å²) < 4.78 is 35.2. The molecular weight excluding hydrogens is 175 g/mol. The SMILES string of the molecule is OC(Cc1ncn[nH]1)C(F)(F)F. The van der Waals surface area contributed by atoms with Crippen LogP contribution in [0.3, 0.4) is 0 Å². The Bertz CT molecular complexity index is 233. The minimum atomic E-state index is -4.60. The maximum atomic E-state index is 11.7. The van der Waals surface area contributed by atoms with E-state index in [1.807, 2.05) is 0 Å². The third kappa shape index (κ3) is 2.19. The van der Waals surface area contributed by atoms with Gasteiger partial charge in [0.25, 0.3) is 0 Å². The average molecular weight is 181 g/mol. The second-order valence-corrected chi connectivity index (χ2v) is 2.19. The van der Waals surface area contributed by atoms with Gasteiger partial charge in [-0.15, -0.1) is 0 Å². The highest BCUT2D eigenvalue weighted by atomic mass is 19.4. The molecule has 7 heteroatoms. The van der Waals surface area contributed by atoms with Gasteiger partial charge in [0.1, 0.15) is 12.2 Å². The Kier molecular flexibility index (Phi) is 2.32. The Hall–Kier alpha value is -1.11. The summed E-state index contributed by atoms with van der Waals surface area (Å²) in [6, 6.07) is 0. The van der Waals surface area contributed by atoms with Crippen molar-refractivity contribution >= 4 is 0 Å². The van der Waals surface area contributed by atoms with E-state index in [1.54, 1.807) is 0 Å². The number of hydrogen-bond acceptors (Lipinski definition) is 3. The van der Waals surface area contributed by atoms with Gasteiger partial charge in [-0.2, -0.15) is 18.3 Å². The first-order chi connectivity index (χ1) is 5.50. The lowest BCUT2D eigenvalue weighted by atomic mass is 10.2. The van der Waals surface area contributed by atoms with Gasteiger partial charge in [0.2, 0.25) is 0 Å². The lowest BCUT2D eigenvalue weighted by Gasteiger charge is -2.11. The lowest BCUT2D eigenvalue weighted by Crippen LogP contribution is -2.30. The fourth-order valence-electron chi connectivity index (χ4n) is 0.628. The number of aliphatic hydroxyl groups excluding tert-OH is 1. The van der Waals surface area contributed by atoms with Crippen LogP contribution in [0.15, 0.2) is 6.33 Å². The second-order valence-electron chi connectivity index (χ2n) is 2.19. The number of nitrogens with one attached hydrogen (secondary N) is 1. The molecule has 0 aliphatic rings. The van der Waals surface area contributed by atoms with Crippen molar-refractivity contribution < 1.29 is 18.3 Å². The van der Waals surface area contributed by atoms with Crippen molar-refractivity contribution in [2.45, 2.75) is 18.7 Å². The number of rotatable bonds is 2. The molecule has 0 spiro atoms. The Labute approximate surface area is 65.4 Å². The molecule has 1 heterocycles. The Balaban J connectivity index is 2.53. The van der Waals surface area contributed by atoms with Crippen LogP contribution >= 0.6 is 0 Å². The molecule has 1 rings (SSSR count). The Morgan fingerprint density at radius 3 is 2.67 bits per heavy atom. The summed E-state index contributed by atoms with van der Waals surface area (Å²) >= 11 is 0. The molecule has 0 aliphatic carbocycles. The van der Waals surface area contributed by atoms with Crippen molar-refractivity contribution in [1.29, 1.82) is 0 Å². The van der Waals surface area contributed by atoms with E-state index in [2.05, 4.69) is 15.2 Å². The fourth-order valence-corrected chi connectivity index (χ4v) is 0.628. The number of nitrogens with zero attached hydrogens (tertiary/aromatic N) is 2. The Morgan fingerprint density at radius 2 is 2.25 bits per heavy atom. The predicted octanol–water partition coefficient (Wildman–Crippen LogP) is 0.270. The number of aromatic nitrogens is 3. The maximum Gasteiger partial charge on any atom is 0.414 e. The van der Waals surface area contributed by atoms with Crippen LogP contribution in [0, 0.1) is 0 Å². The van der Waals surface area contributed by atoms with Gasteiger partial charge in [0.15, 0.2) is 6.10 Å².